The lowest BCUT2D eigenvalue weighted by atomic mass is 10.1. The van der Waals surface area contributed by atoms with Crippen molar-refractivity contribution in [1.82, 2.24) is 9.80 Å². The molecule has 0 radical (unpaired) electrons. The SMILES string of the molecule is CN(Cc1ccccc1Cl)C(=O)C1CC(=O)N(C2CCCC2)C1. The number of likely N-dealkylation sites (tertiary alicyclic amines) is 1. The quantitative estimate of drug-likeness (QED) is 0.849. The molecule has 1 saturated carbocycles. The zero-order valence-corrected chi connectivity index (χ0v) is 14.3. The molecule has 2 fully saturated rings. The average molecular weight is 335 g/mol. The summed E-state index contributed by atoms with van der Waals surface area (Å²) in [6.07, 6.45) is 4.91. The van der Waals surface area contributed by atoms with Crippen LogP contribution in [0.3, 0.4) is 0 Å². The highest BCUT2D eigenvalue weighted by molar-refractivity contribution is 6.31. The Morgan fingerprint density at radius 1 is 1.30 bits per heavy atom. The van der Waals surface area contributed by atoms with E-state index in [4.69, 9.17) is 11.6 Å². The minimum absolute atomic E-state index is 0.0405. The van der Waals surface area contributed by atoms with Crippen LogP contribution in [0.2, 0.25) is 5.02 Å². The summed E-state index contributed by atoms with van der Waals surface area (Å²) in [5.41, 5.74) is 0.932. The van der Waals surface area contributed by atoms with E-state index in [1.54, 1.807) is 11.9 Å². The summed E-state index contributed by atoms with van der Waals surface area (Å²) in [6.45, 7) is 1.06. The summed E-state index contributed by atoms with van der Waals surface area (Å²) in [6, 6.07) is 7.91. The molecule has 0 bridgehead atoms. The van der Waals surface area contributed by atoms with Gasteiger partial charge in [-0.1, -0.05) is 42.6 Å². The number of benzene rings is 1. The highest BCUT2D eigenvalue weighted by atomic mass is 35.5. The lowest BCUT2D eigenvalue weighted by Gasteiger charge is -2.25. The molecule has 0 spiro atoms. The molecule has 1 aromatic rings. The van der Waals surface area contributed by atoms with Crippen molar-refractivity contribution in [3.8, 4) is 0 Å². The number of carbonyl (C=O) groups is 2. The fourth-order valence-electron chi connectivity index (χ4n) is 3.74. The van der Waals surface area contributed by atoms with E-state index in [1.165, 1.54) is 12.8 Å². The molecule has 1 unspecified atom stereocenters. The van der Waals surface area contributed by atoms with Gasteiger partial charge in [0.25, 0.3) is 0 Å². The molecular formula is C18H23ClN2O2. The molecule has 124 valence electrons. The van der Waals surface area contributed by atoms with Crippen molar-refractivity contribution in [3.63, 3.8) is 0 Å². The number of rotatable bonds is 4. The van der Waals surface area contributed by atoms with Crippen molar-refractivity contribution in [2.75, 3.05) is 13.6 Å². The van der Waals surface area contributed by atoms with E-state index in [0.717, 1.165) is 18.4 Å². The van der Waals surface area contributed by atoms with Gasteiger partial charge in [-0.2, -0.15) is 0 Å². The van der Waals surface area contributed by atoms with Gasteiger partial charge in [0.1, 0.15) is 0 Å². The summed E-state index contributed by atoms with van der Waals surface area (Å²) >= 11 is 6.16. The zero-order chi connectivity index (χ0) is 16.4. The van der Waals surface area contributed by atoms with E-state index in [-0.39, 0.29) is 17.7 Å². The first-order valence-corrected chi connectivity index (χ1v) is 8.72. The summed E-state index contributed by atoms with van der Waals surface area (Å²) < 4.78 is 0. The highest BCUT2D eigenvalue weighted by Gasteiger charge is 2.39. The summed E-state index contributed by atoms with van der Waals surface area (Å²) in [5, 5.41) is 0.669. The van der Waals surface area contributed by atoms with Crippen LogP contribution in [-0.4, -0.2) is 41.2 Å². The maximum Gasteiger partial charge on any atom is 0.228 e. The summed E-state index contributed by atoms with van der Waals surface area (Å²) in [5.74, 6) is -0.0317. The van der Waals surface area contributed by atoms with Crippen molar-refractivity contribution in [1.29, 1.82) is 0 Å². The average Bonchev–Trinajstić information content (AvgIpc) is 3.18. The molecule has 3 rings (SSSR count). The van der Waals surface area contributed by atoms with Gasteiger partial charge in [-0.3, -0.25) is 9.59 Å². The maximum atomic E-state index is 12.7. The van der Waals surface area contributed by atoms with E-state index < -0.39 is 0 Å². The van der Waals surface area contributed by atoms with E-state index in [1.807, 2.05) is 29.2 Å². The molecular weight excluding hydrogens is 312 g/mol. The minimum atomic E-state index is -0.212. The molecule has 1 saturated heterocycles. The first-order valence-electron chi connectivity index (χ1n) is 8.34. The van der Waals surface area contributed by atoms with Crippen LogP contribution in [0.4, 0.5) is 0 Å². The van der Waals surface area contributed by atoms with Crippen LogP contribution in [0.5, 0.6) is 0 Å². The second-order valence-corrected chi connectivity index (χ2v) is 7.08. The molecule has 5 heteroatoms. The molecule has 1 aromatic carbocycles. The van der Waals surface area contributed by atoms with Gasteiger partial charge >= 0.3 is 0 Å². The smallest absolute Gasteiger partial charge is 0.228 e. The Morgan fingerprint density at radius 2 is 2.00 bits per heavy atom. The van der Waals surface area contributed by atoms with Crippen LogP contribution < -0.4 is 0 Å². The molecule has 1 heterocycles. The monoisotopic (exact) mass is 334 g/mol. The Balaban J connectivity index is 1.61. The number of hydrogen-bond donors (Lipinski definition) is 0. The Kier molecular flexibility index (Phi) is 4.90. The van der Waals surface area contributed by atoms with Gasteiger partial charge in [0.2, 0.25) is 11.8 Å². The van der Waals surface area contributed by atoms with E-state index in [2.05, 4.69) is 0 Å². The van der Waals surface area contributed by atoms with Gasteiger partial charge in [-0.15, -0.1) is 0 Å². The Morgan fingerprint density at radius 3 is 2.70 bits per heavy atom. The molecule has 23 heavy (non-hydrogen) atoms. The summed E-state index contributed by atoms with van der Waals surface area (Å²) in [4.78, 5) is 28.6. The number of carbonyl (C=O) groups excluding carboxylic acids is 2. The predicted molar refractivity (Wildman–Crippen MR) is 90.0 cm³/mol. The van der Waals surface area contributed by atoms with Crippen LogP contribution >= 0.6 is 11.6 Å². The largest absolute Gasteiger partial charge is 0.341 e. The number of amides is 2. The standard InChI is InChI=1S/C18H23ClN2O2/c1-20(11-13-6-2-5-9-16(13)19)18(23)14-10-17(22)21(12-14)15-7-3-4-8-15/h2,5-6,9,14-15H,3-4,7-8,10-12H2,1H3. The van der Waals surface area contributed by atoms with Gasteiger partial charge in [0.05, 0.1) is 5.92 Å². The van der Waals surface area contributed by atoms with Crippen molar-refractivity contribution in [2.45, 2.75) is 44.7 Å². The van der Waals surface area contributed by atoms with Crippen LogP contribution in [0.15, 0.2) is 24.3 Å². The highest BCUT2D eigenvalue weighted by Crippen LogP contribution is 2.30. The van der Waals surface area contributed by atoms with E-state index in [0.29, 0.717) is 30.6 Å². The van der Waals surface area contributed by atoms with Crippen LogP contribution in [-0.2, 0) is 16.1 Å². The van der Waals surface area contributed by atoms with E-state index >= 15 is 0 Å². The van der Waals surface area contributed by atoms with E-state index in [9.17, 15) is 9.59 Å². The number of nitrogens with zero attached hydrogens (tertiary/aromatic N) is 2. The molecule has 2 aliphatic rings. The lowest BCUT2D eigenvalue weighted by molar-refractivity contribution is -0.135. The third-order valence-electron chi connectivity index (χ3n) is 5.01. The molecule has 1 aliphatic carbocycles. The van der Waals surface area contributed by atoms with Gasteiger partial charge < -0.3 is 9.80 Å². The summed E-state index contributed by atoms with van der Waals surface area (Å²) in [7, 11) is 1.79. The van der Waals surface area contributed by atoms with Gasteiger partial charge in [0, 0.05) is 37.6 Å². The van der Waals surface area contributed by atoms with Crippen molar-refractivity contribution in [3.05, 3.63) is 34.9 Å². The predicted octanol–water partition coefficient (Wildman–Crippen LogP) is 3.09. The fraction of sp³-hybridized carbons (Fsp3) is 0.556. The third kappa shape index (κ3) is 3.52. The fourth-order valence-corrected chi connectivity index (χ4v) is 3.93. The Hall–Kier alpha value is -1.55. The van der Waals surface area contributed by atoms with Gasteiger partial charge in [0.15, 0.2) is 0 Å². The third-order valence-corrected chi connectivity index (χ3v) is 5.38. The Labute approximate surface area is 142 Å². The zero-order valence-electron chi connectivity index (χ0n) is 13.5. The first-order chi connectivity index (χ1) is 11.1. The van der Waals surface area contributed by atoms with Crippen LogP contribution in [0, 0.1) is 5.92 Å². The maximum absolute atomic E-state index is 12.7. The number of halogens is 1. The molecule has 4 nitrogen and oxygen atoms in total. The number of hydrogen-bond acceptors (Lipinski definition) is 2. The van der Waals surface area contributed by atoms with Crippen molar-refractivity contribution < 1.29 is 9.59 Å². The van der Waals surface area contributed by atoms with Gasteiger partial charge in [-0.25, -0.2) is 0 Å². The second kappa shape index (κ2) is 6.91. The van der Waals surface area contributed by atoms with Gasteiger partial charge in [-0.05, 0) is 24.5 Å². The van der Waals surface area contributed by atoms with Crippen LogP contribution in [0.25, 0.3) is 0 Å². The van der Waals surface area contributed by atoms with Crippen molar-refractivity contribution in [2.24, 2.45) is 5.92 Å². The topological polar surface area (TPSA) is 40.6 Å². The Bertz CT molecular complexity index is 598. The minimum Gasteiger partial charge on any atom is -0.341 e. The molecule has 1 atom stereocenters. The lowest BCUT2D eigenvalue weighted by Crippen LogP contribution is -2.37. The van der Waals surface area contributed by atoms with Crippen molar-refractivity contribution >= 4 is 23.4 Å². The van der Waals surface area contributed by atoms with Crippen LogP contribution in [0.1, 0.15) is 37.7 Å². The molecule has 0 aromatic heterocycles. The molecule has 1 aliphatic heterocycles. The first kappa shape index (κ1) is 16.3. The molecule has 0 N–H and O–H groups in total. The second-order valence-electron chi connectivity index (χ2n) is 6.67. The normalized spacial score (nSPS) is 21.9. The molecule has 2 amide bonds.